The largest absolute Gasteiger partial charge is 0.458 e. The molecule has 59 heavy (non-hydrogen) atoms. The minimum absolute atomic E-state index is 0.0598. The standard InChI is InChI=1S/C54H36BNO2Si/c1-4-17-40(18-5-1)59(41-19-6-2-7-20-41,42-21-8-3-9-22-42)43-23-14-16-37(34-43)38-30-33-50-47(35-38)55-46-32-31-39(36-53(46)58-52-29-15-28-51(57-50)54(52)55)56-48-26-12-10-24-44(48)45-25-11-13-27-49(45)56/h1-36H. The van der Waals surface area contributed by atoms with Crippen LogP contribution in [0.4, 0.5) is 0 Å². The van der Waals surface area contributed by atoms with Crippen LogP contribution in [0.3, 0.4) is 0 Å². The van der Waals surface area contributed by atoms with E-state index >= 15 is 0 Å². The van der Waals surface area contributed by atoms with E-state index in [1.165, 1.54) is 48.1 Å². The Morgan fingerprint density at radius 1 is 0.356 bits per heavy atom. The van der Waals surface area contributed by atoms with Crippen LogP contribution in [0.15, 0.2) is 218 Å². The lowest BCUT2D eigenvalue weighted by molar-refractivity contribution is 0.464. The van der Waals surface area contributed by atoms with Crippen LogP contribution in [0.5, 0.6) is 23.0 Å². The smallest absolute Gasteiger partial charge is 0.260 e. The van der Waals surface area contributed by atoms with E-state index in [0.717, 1.165) is 50.6 Å². The van der Waals surface area contributed by atoms with Gasteiger partial charge >= 0.3 is 0 Å². The van der Waals surface area contributed by atoms with Gasteiger partial charge in [-0.1, -0.05) is 176 Å². The number of ether oxygens (including phenoxy) is 2. The van der Waals surface area contributed by atoms with Crippen molar-refractivity contribution in [3.63, 3.8) is 0 Å². The van der Waals surface area contributed by atoms with E-state index in [1.807, 2.05) is 6.07 Å². The Hall–Kier alpha value is -7.34. The van der Waals surface area contributed by atoms with Gasteiger partial charge < -0.3 is 14.0 Å². The fourth-order valence-corrected chi connectivity index (χ4v) is 14.7. The number of rotatable bonds is 6. The molecule has 0 radical (unpaired) electrons. The first-order chi connectivity index (χ1) is 29.3. The van der Waals surface area contributed by atoms with Crippen molar-refractivity contribution in [3.05, 3.63) is 218 Å². The van der Waals surface area contributed by atoms with Gasteiger partial charge in [0.1, 0.15) is 23.0 Å². The molecule has 5 heteroatoms. The molecule has 0 amide bonds. The fourth-order valence-electron chi connectivity index (χ4n) is 9.93. The van der Waals surface area contributed by atoms with E-state index < -0.39 is 8.07 Å². The summed E-state index contributed by atoms with van der Waals surface area (Å²) in [5, 5.41) is 7.89. The van der Waals surface area contributed by atoms with Crippen LogP contribution in [0, 0.1) is 0 Å². The first kappa shape index (κ1) is 33.8. The molecule has 0 saturated heterocycles. The number of nitrogens with zero attached hydrogens (tertiary/aromatic N) is 1. The van der Waals surface area contributed by atoms with E-state index in [2.05, 4.69) is 217 Å². The number of para-hydroxylation sites is 2. The highest BCUT2D eigenvalue weighted by atomic mass is 28.3. The Kier molecular flexibility index (Phi) is 7.65. The van der Waals surface area contributed by atoms with Crippen LogP contribution in [-0.4, -0.2) is 19.4 Å². The molecule has 0 saturated carbocycles. The third-order valence-electron chi connectivity index (χ3n) is 12.5. The van der Waals surface area contributed by atoms with Crippen LogP contribution >= 0.6 is 0 Å². The number of hydrogen-bond donors (Lipinski definition) is 0. The first-order valence-electron chi connectivity index (χ1n) is 20.3. The highest BCUT2D eigenvalue weighted by Gasteiger charge is 2.42. The second kappa shape index (κ2) is 13.4. The number of aromatic nitrogens is 1. The maximum absolute atomic E-state index is 6.81. The SMILES string of the molecule is c1ccc([Si](c2ccccc2)(c2ccccc2)c2cccc(-c3ccc4c(c3)B3c5ccc(-n6c7ccccc7c7ccccc76)cc5Oc5cccc(c53)O4)c2)cc1. The van der Waals surface area contributed by atoms with Crippen LogP contribution in [0.2, 0.25) is 0 Å². The fraction of sp³-hybridized carbons (Fsp3) is 0. The molecule has 0 bridgehead atoms. The summed E-state index contributed by atoms with van der Waals surface area (Å²) in [6.45, 7) is -0.0598. The van der Waals surface area contributed by atoms with Gasteiger partial charge in [0, 0.05) is 28.0 Å². The predicted octanol–water partition coefficient (Wildman–Crippen LogP) is 8.56. The topological polar surface area (TPSA) is 23.4 Å². The Labute approximate surface area is 344 Å². The minimum atomic E-state index is -2.71. The highest BCUT2D eigenvalue weighted by Crippen LogP contribution is 2.38. The summed E-state index contributed by atoms with van der Waals surface area (Å²) in [5.41, 5.74) is 9.10. The molecule has 3 heterocycles. The zero-order valence-corrected chi connectivity index (χ0v) is 33.1. The normalized spacial score (nSPS) is 12.6. The summed E-state index contributed by atoms with van der Waals surface area (Å²) < 4.78 is 15.8. The van der Waals surface area contributed by atoms with E-state index in [-0.39, 0.29) is 6.71 Å². The van der Waals surface area contributed by atoms with Crippen LogP contribution in [0.25, 0.3) is 38.6 Å². The van der Waals surface area contributed by atoms with Crippen molar-refractivity contribution in [3.8, 4) is 39.8 Å². The predicted molar refractivity (Wildman–Crippen MR) is 248 cm³/mol. The maximum Gasteiger partial charge on any atom is 0.260 e. The van der Waals surface area contributed by atoms with Crippen molar-refractivity contribution in [1.82, 2.24) is 4.57 Å². The molecule has 0 fully saturated rings. The Morgan fingerprint density at radius 3 is 1.51 bits per heavy atom. The minimum Gasteiger partial charge on any atom is -0.458 e. The van der Waals surface area contributed by atoms with Crippen molar-refractivity contribution >= 4 is 73.7 Å². The van der Waals surface area contributed by atoms with Crippen molar-refractivity contribution in [2.24, 2.45) is 0 Å². The van der Waals surface area contributed by atoms with Crippen molar-refractivity contribution < 1.29 is 9.47 Å². The molecular formula is C54H36BNO2Si. The first-order valence-corrected chi connectivity index (χ1v) is 22.3. The van der Waals surface area contributed by atoms with Crippen LogP contribution in [0.1, 0.15) is 0 Å². The molecule has 3 nitrogen and oxygen atoms in total. The van der Waals surface area contributed by atoms with Gasteiger partial charge in [-0.2, -0.15) is 0 Å². The Balaban J connectivity index is 1.02. The van der Waals surface area contributed by atoms with Gasteiger partial charge in [-0.25, -0.2) is 0 Å². The van der Waals surface area contributed by atoms with E-state index in [4.69, 9.17) is 9.47 Å². The quantitative estimate of drug-likeness (QED) is 0.125. The molecule has 0 aliphatic carbocycles. The lowest BCUT2D eigenvalue weighted by Crippen LogP contribution is -2.74. The lowest BCUT2D eigenvalue weighted by Gasteiger charge is -2.35. The lowest BCUT2D eigenvalue weighted by atomic mass is 9.34. The Bertz CT molecular complexity index is 3090. The summed E-state index contributed by atoms with van der Waals surface area (Å²) in [6.07, 6.45) is 0. The van der Waals surface area contributed by atoms with Gasteiger partial charge in [-0.05, 0) is 79.2 Å². The highest BCUT2D eigenvalue weighted by molar-refractivity contribution is 7.20. The molecule has 9 aromatic carbocycles. The van der Waals surface area contributed by atoms with Crippen molar-refractivity contribution in [2.75, 3.05) is 0 Å². The second-order valence-corrected chi connectivity index (χ2v) is 19.4. The molecule has 0 atom stereocenters. The molecule has 2 aliphatic rings. The zero-order chi connectivity index (χ0) is 38.9. The van der Waals surface area contributed by atoms with Crippen LogP contribution in [-0.2, 0) is 0 Å². The summed E-state index contributed by atoms with van der Waals surface area (Å²) >= 11 is 0. The monoisotopic (exact) mass is 769 g/mol. The molecule has 10 aromatic rings. The average molecular weight is 770 g/mol. The molecule has 2 aliphatic heterocycles. The van der Waals surface area contributed by atoms with Crippen molar-refractivity contribution in [2.45, 2.75) is 0 Å². The summed E-state index contributed by atoms with van der Waals surface area (Å²) in [6, 6.07) is 79.5. The third kappa shape index (κ3) is 5.15. The summed E-state index contributed by atoms with van der Waals surface area (Å²) in [5.74, 6) is 3.42. The third-order valence-corrected chi connectivity index (χ3v) is 17.2. The molecular weight excluding hydrogens is 733 g/mol. The molecule has 1 aromatic heterocycles. The van der Waals surface area contributed by atoms with Gasteiger partial charge in [-0.3, -0.25) is 0 Å². The number of hydrogen-bond acceptors (Lipinski definition) is 2. The molecule has 0 N–H and O–H groups in total. The van der Waals surface area contributed by atoms with E-state index in [9.17, 15) is 0 Å². The van der Waals surface area contributed by atoms with Gasteiger partial charge in [0.05, 0.1) is 11.0 Å². The van der Waals surface area contributed by atoms with Crippen LogP contribution < -0.4 is 46.6 Å². The molecule has 0 spiro atoms. The average Bonchev–Trinajstić information content (AvgIpc) is 3.64. The second-order valence-electron chi connectivity index (χ2n) is 15.6. The van der Waals surface area contributed by atoms with Gasteiger partial charge in [0.25, 0.3) is 6.71 Å². The van der Waals surface area contributed by atoms with Gasteiger partial charge in [-0.15, -0.1) is 0 Å². The van der Waals surface area contributed by atoms with E-state index in [0.29, 0.717) is 0 Å². The summed E-state index contributed by atoms with van der Waals surface area (Å²) in [4.78, 5) is 0. The van der Waals surface area contributed by atoms with Gasteiger partial charge in [0.2, 0.25) is 0 Å². The van der Waals surface area contributed by atoms with Crippen molar-refractivity contribution in [1.29, 1.82) is 0 Å². The molecule has 276 valence electrons. The number of fused-ring (bicyclic) bond motifs is 7. The van der Waals surface area contributed by atoms with E-state index in [1.54, 1.807) is 0 Å². The maximum atomic E-state index is 6.81. The van der Waals surface area contributed by atoms with Gasteiger partial charge in [0.15, 0.2) is 8.07 Å². The summed E-state index contributed by atoms with van der Waals surface area (Å²) in [7, 11) is -2.71. The zero-order valence-electron chi connectivity index (χ0n) is 32.1. The molecule has 12 rings (SSSR count). The molecule has 0 unspecified atom stereocenters. The Morgan fingerprint density at radius 2 is 0.881 bits per heavy atom. The number of benzene rings is 9.